The Kier molecular flexibility index (Phi) is 3.43. The summed E-state index contributed by atoms with van der Waals surface area (Å²) in [6, 6.07) is 0. The number of ether oxygens (including phenoxy) is 1. The molecule has 0 bridgehead atoms. The minimum Gasteiger partial charge on any atom is -0.481 e. The van der Waals surface area contributed by atoms with Crippen molar-refractivity contribution in [1.29, 1.82) is 0 Å². The van der Waals surface area contributed by atoms with Crippen LogP contribution in [-0.2, 0) is 14.3 Å². The molecule has 1 amide bonds. The van der Waals surface area contributed by atoms with Gasteiger partial charge in [-0.2, -0.15) is 0 Å². The molecule has 5 nitrogen and oxygen atoms in total. The van der Waals surface area contributed by atoms with Gasteiger partial charge in [0.1, 0.15) is 0 Å². The van der Waals surface area contributed by atoms with Crippen LogP contribution in [0.5, 0.6) is 0 Å². The summed E-state index contributed by atoms with van der Waals surface area (Å²) in [7, 11) is 0. The lowest BCUT2D eigenvalue weighted by Gasteiger charge is -2.26. The molecule has 0 spiro atoms. The lowest BCUT2D eigenvalue weighted by atomic mass is 10.00. The molecule has 90 valence electrons. The molecule has 0 aliphatic carbocycles. The minimum absolute atomic E-state index is 0.0149. The largest absolute Gasteiger partial charge is 0.481 e. The first-order valence-electron chi connectivity index (χ1n) is 5.75. The molecule has 16 heavy (non-hydrogen) atoms. The van der Waals surface area contributed by atoms with Gasteiger partial charge in [0.2, 0.25) is 5.91 Å². The first-order valence-corrected chi connectivity index (χ1v) is 5.75. The number of nitrogens with zero attached hydrogens (tertiary/aromatic N) is 1. The van der Waals surface area contributed by atoms with Crippen molar-refractivity contribution in [1.82, 2.24) is 4.90 Å². The second-order valence-electron chi connectivity index (χ2n) is 4.59. The van der Waals surface area contributed by atoms with E-state index in [2.05, 4.69) is 0 Å². The Hall–Kier alpha value is -1.10. The third-order valence-corrected chi connectivity index (χ3v) is 3.38. The molecule has 1 atom stereocenters. The zero-order chi connectivity index (χ0) is 11.5. The fourth-order valence-electron chi connectivity index (χ4n) is 2.35. The SMILES string of the molecule is O=C(O)C1CC(=O)N(CC2CCOCC2)C1. The molecule has 0 aromatic carbocycles. The molecule has 2 fully saturated rings. The third kappa shape index (κ3) is 2.52. The molecule has 0 radical (unpaired) electrons. The predicted molar refractivity (Wildman–Crippen MR) is 55.9 cm³/mol. The number of carbonyl (C=O) groups excluding carboxylic acids is 1. The fourth-order valence-corrected chi connectivity index (χ4v) is 2.35. The van der Waals surface area contributed by atoms with E-state index in [1.807, 2.05) is 0 Å². The zero-order valence-corrected chi connectivity index (χ0v) is 9.22. The van der Waals surface area contributed by atoms with Crippen molar-refractivity contribution < 1.29 is 19.4 Å². The van der Waals surface area contributed by atoms with E-state index >= 15 is 0 Å². The number of amides is 1. The first kappa shape index (κ1) is 11.4. The van der Waals surface area contributed by atoms with Gasteiger partial charge in [0.15, 0.2) is 0 Å². The number of carbonyl (C=O) groups is 2. The topological polar surface area (TPSA) is 66.8 Å². The van der Waals surface area contributed by atoms with Crippen LogP contribution < -0.4 is 0 Å². The van der Waals surface area contributed by atoms with Crippen LogP contribution in [0.4, 0.5) is 0 Å². The number of likely N-dealkylation sites (tertiary alicyclic amines) is 1. The van der Waals surface area contributed by atoms with E-state index in [9.17, 15) is 9.59 Å². The Morgan fingerprint density at radius 1 is 1.44 bits per heavy atom. The second kappa shape index (κ2) is 4.82. The zero-order valence-electron chi connectivity index (χ0n) is 9.22. The van der Waals surface area contributed by atoms with Crippen molar-refractivity contribution in [3.8, 4) is 0 Å². The van der Waals surface area contributed by atoms with Crippen LogP contribution in [0.25, 0.3) is 0 Å². The maximum atomic E-state index is 11.6. The van der Waals surface area contributed by atoms with Crippen molar-refractivity contribution in [2.45, 2.75) is 19.3 Å². The molecular weight excluding hydrogens is 210 g/mol. The van der Waals surface area contributed by atoms with Crippen molar-refractivity contribution in [3.63, 3.8) is 0 Å². The lowest BCUT2D eigenvalue weighted by molar-refractivity contribution is -0.141. The van der Waals surface area contributed by atoms with E-state index in [0.717, 1.165) is 26.1 Å². The number of hydrogen-bond acceptors (Lipinski definition) is 3. The maximum Gasteiger partial charge on any atom is 0.308 e. The van der Waals surface area contributed by atoms with Crippen molar-refractivity contribution >= 4 is 11.9 Å². The number of hydrogen-bond donors (Lipinski definition) is 1. The minimum atomic E-state index is -0.858. The smallest absolute Gasteiger partial charge is 0.308 e. The van der Waals surface area contributed by atoms with Gasteiger partial charge in [-0.1, -0.05) is 0 Å². The van der Waals surface area contributed by atoms with Gasteiger partial charge in [-0.25, -0.2) is 0 Å². The normalized spacial score (nSPS) is 27.4. The quantitative estimate of drug-likeness (QED) is 0.755. The molecule has 2 saturated heterocycles. The average molecular weight is 227 g/mol. The monoisotopic (exact) mass is 227 g/mol. The van der Waals surface area contributed by atoms with Crippen molar-refractivity contribution in [2.75, 3.05) is 26.3 Å². The number of carboxylic acids is 1. The number of carboxylic acid groups (broad SMARTS) is 1. The molecular formula is C11H17NO4. The van der Waals surface area contributed by atoms with Gasteiger partial charge >= 0.3 is 5.97 Å². The van der Waals surface area contributed by atoms with Gasteiger partial charge < -0.3 is 14.7 Å². The number of rotatable bonds is 3. The Morgan fingerprint density at radius 2 is 2.12 bits per heavy atom. The van der Waals surface area contributed by atoms with E-state index in [0.29, 0.717) is 19.0 Å². The summed E-state index contributed by atoms with van der Waals surface area (Å²) in [5.41, 5.74) is 0. The Bertz CT molecular complexity index is 286. The van der Waals surface area contributed by atoms with Crippen LogP contribution in [0.15, 0.2) is 0 Å². The Morgan fingerprint density at radius 3 is 2.69 bits per heavy atom. The van der Waals surface area contributed by atoms with Crippen LogP contribution in [0.2, 0.25) is 0 Å². The van der Waals surface area contributed by atoms with E-state index in [1.165, 1.54) is 0 Å². The molecule has 1 unspecified atom stereocenters. The average Bonchev–Trinajstić information content (AvgIpc) is 2.62. The van der Waals surface area contributed by atoms with Gasteiger partial charge in [0.05, 0.1) is 5.92 Å². The molecule has 2 aliphatic rings. The van der Waals surface area contributed by atoms with Crippen LogP contribution in [0.3, 0.4) is 0 Å². The van der Waals surface area contributed by atoms with Crippen molar-refractivity contribution in [2.24, 2.45) is 11.8 Å². The van der Waals surface area contributed by atoms with Gasteiger partial charge in [0, 0.05) is 32.7 Å². The van der Waals surface area contributed by atoms with E-state index in [4.69, 9.17) is 9.84 Å². The predicted octanol–water partition coefficient (Wildman–Crippen LogP) is 0.346. The summed E-state index contributed by atoms with van der Waals surface area (Å²) in [5.74, 6) is -0.903. The molecule has 5 heteroatoms. The summed E-state index contributed by atoms with van der Waals surface area (Å²) in [4.78, 5) is 24.1. The fraction of sp³-hybridized carbons (Fsp3) is 0.818. The standard InChI is InChI=1S/C11H17NO4/c13-10-5-9(11(14)15)7-12(10)6-8-1-3-16-4-2-8/h8-9H,1-7H2,(H,14,15). The summed E-state index contributed by atoms with van der Waals surface area (Å²) in [5, 5.41) is 8.86. The van der Waals surface area contributed by atoms with Gasteiger partial charge in [-0.05, 0) is 18.8 Å². The van der Waals surface area contributed by atoms with E-state index in [-0.39, 0.29) is 12.3 Å². The maximum absolute atomic E-state index is 11.6. The summed E-state index contributed by atoms with van der Waals surface area (Å²) >= 11 is 0. The van der Waals surface area contributed by atoms with Crippen LogP contribution in [0, 0.1) is 11.8 Å². The molecule has 0 aromatic rings. The molecule has 2 heterocycles. The molecule has 0 saturated carbocycles. The summed E-state index contributed by atoms with van der Waals surface area (Å²) in [6.45, 7) is 2.60. The molecule has 2 rings (SSSR count). The molecule has 0 aromatic heterocycles. The van der Waals surface area contributed by atoms with Crippen LogP contribution in [0.1, 0.15) is 19.3 Å². The summed E-state index contributed by atoms with van der Waals surface area (Å²) in [6.07, 6.45) is 2.11. The lowest BCUT2D eigenvalue weighted by Crippen LogP contribution is -2.34. The van der Waals surface area contributed by atoms with Gasteiger partial charge in [-0.3, -0.25) is 9.59 Å². The molecule has 2 aliphatic heterocycles. The van der Waals surface area contributed by atoms with E-state index in [1.54, 1.807) is 4.90 Å². The van der Waals surface area contributed by atoms with E-state index < -0.39 is 11.9 Å². The summed E-state index contributed by atoms with van der Waals surface area (Å²) < 4.78 is 5.25. The van der Waals surface area contributed by atoms with Crippen LogP contribution in [-0.4, -0.2) is 48.2 Å². The second-order valence-corrected chi connectivity index (χ2v) is 4.59. The van der Waals surface area contributed by atoms with Gasteiger partial charge in [-0.15, -0.1) is 0 Å². The number of aliphatic carboxylic acids is 1. The highest BCUT2D eigenvalue weighted by atomic mass is 16.5. The highest BCUT2D eigenvalue weighted by molar-refractivity contribution is 5.86. The Labute approximate surface area is 94.4 Å². The molecule has 1 N–H and O–H groups in total. The highest BCUT2D eigenvalue weighted by Gasteiger charge is 2.35. The first-order chi connectivity index (χ1) is 7.66. The van der Waals surface area contributed by atoms with Crippen LogP contribution >= 0.6 is 0 Å². The van der Waals surface area contributed by atoms with Gasteiger partial charge in [0.25, 0.3) is 0 Å². The Balaban J connectivity index is 1.85. The third-order valence-electron chi connectivity index (χ3n) is 3.38. The van der Waals surface area contributed by atoms with Crippen molar-refractivity contribution in [3.05, 3.63) is 0 Å². The highest BCUT2D eigenvalue weighted by Crippen LogP contribution is 2.22.